The smallest absolute Gasteiger partial charge is 0.228 e. The molecule has 0 aliphatic carbocycles. The van der Waals surface area contributed by atoms with Crippen LogP contribution >= 0.6 is 15.9 Å². The minimum atomic E-state index is 0.565. The average Bonchev–Trinajstić information content (AvgIpc) is 3.85. The van der Waals surface area contributed by atoms with Crippen molar-refractivity contribution in [2.45, 2.75) is 13.8 Å². The summed E-state index contributed by atoms with van der Waals surface area (Å²) in [5.41, 5.74) is 6.38. The van der Waals surface area contributed by atoms with Crippen LogP contribution < -0.4 is 10.6 Å². The van der Waals surface area contributed by atoms with Gasteiger partial charge in [-0.2, -0.15) is 10.2 Å². The van der Waals surface area contributed by atoms with E-state index in [0.29, 0.717) is 11.9 Å². The van der Waals surface area contributed by atoms with Gasteiger partial charge in [-0.3, -0.25) is 15.1 Å². The molecule has 0 amide bonds. The first-order valence-electron chi connectivity index (χ1n) is 14.5. The lowest BCUT2D eigenvalue weighted by Crippen LogP contribution is -2.01. The zero-order chi connectivity index (χ0) is 32.4. The summed E-state index contributed by atoms with van der Waals surface area (Å²) in [4.78, 5) is 26.2. The summed E-state index contributed by atoms with van der Waals surface area (Å²) in [6.07, 6.45) is 14.1. The maximum atomic E-state index is 4.57. The van der Waals surface area contributed by atoms with Gasteiger partial charge in [0.2, 0.25) is 11.9 Å². The predicted octanol–water partition coefficient (Wildman–Crippen LogP) is 7.51. The normalized spacial score (nSPS) is 10.4. The van der Waals surface area contributed by atoms with Crippen LogP contribution in [0.4, 0.5) is 23.3 Å². The van der Waals surface area contributed by atoms with Crippen LogP contribution in [0.15, 0.2) is 127 Å². The summed E-state index contributed by atoms with van der Waals surface area (Å²) in [5.74, 6) is 1.15. The zero-order valence-electron chi connectivity index (χ0n) is 25.4. The van der Waals surface area contributed by atoms with Gasteiger partial charge in [-0.15, -0.1) is 0 Å². The number of aromatic nitrogens is 10. The molecule has 13 heteroatoms. The summed E-state index contributed by atoms with van der Waals surface area (Å²) in [6, 6.07) is 23.3. The van der Waals surface area contributed by atoms with Gasteiger partial charge in [0.1, 0.15) is 0 Å². The van der Waals surface area contributed by atoms with Crippen molar-refractivity contribution in [2.24, 2.45) is 0 Å². The number of rotatable bonds is 5. The Kier molecular flexibility index (Phi) is 9.74. The summed E-state index contributed by atoms with van der Waals surface area (Å²) >= 11 is 3.46. The number of H-pyrrole nitrogens is 1. The van der Waals surface area contributed by atoms with Crippen LogP contribution in [0.2, 0.25) is 0 Å². The van der Waals surface area contributed by atoms with Gasteiger partial charge in [-0.1, -0.05) is 15.9 Å². The minimum Gasteiger partial charge on any atom is -0.323 e. The first-order valence-corrected chi connectivity index (χ1v) is 15.3. The zero-order valence-corrected chi connectivity index (χ0v) is 27.0. The van der Waals surface area contributed by atoms with Gasteiger partial charge in [0.25, 0.3) is 0 Å². The van der Waals surface area contributed by atoms with E-state index in [1.165, 1.54) is 0 Å². The Hall–Kier alpha value is -6.08. The first kappa shape index (κ1) is 30.9. The third-order valence-corrected chi connectivity index (χ3v) is 7.22. The average molecular weight is 686 g/mol. The molecule has 6 aromatic heterocycles. The molecule has 2 aromatic carbocycles. The van der Waals surface area contributed by atoms with E-state index in [-0.39, 0.29) is 0 Å². The van der Waals surface area contributed by atoms with Gasteiger partial charge in [0, 0.05) is 52.4 Å². The molecular formula is C34H29BrN12. The molecule has 8 aromatic rings. The van der Waals surface area contributed by atoms with E-state index < -0.39 is 0 Å². The number of nitrogens with one attached hydrogen (secondary N) is 3. The molecule has 0 unspecified atom stereocenters. The van der Waals surface area contributed by atoms with Gasteiger partial charge in [0.15, 0.2) is 0 Å². The Bertz CT molecular complexity index is 2160. The molecule has 232 valence electrons. The molecule has 6 heterocycles. The molecular weight excluding hydrogens is 656 g/mol. The van der Waals surface area contributed by atoms with Crippen molar-refractivity contribution in [3.05, 3.63) is 138 Å². The standard InChI is InChI=1S/C17H14N6.C14H11BrN4.C3H4N2/c1-12-15-10-14(23-9-3-8-19-23)5-6-16(15)22-17(20-12)21-13-4-2-7-18-11-13;1-9-12-7-10(15)4-5-13(12)19-14(17-9)18-11-3-2-6-16-8-11;1-2-4-5-3-1/h2-11H,1H3,(H,20,21,22);2-8H,1H3,(H,17,18,19);1-3H,(H,4,5). The van der Waals surface area contributed by atoms with Crippen molar-refractivity contribution in [1.82, 2.24) is 49.9 Å². The molecule has 8 rings (SSSR count). The van der Waals surface area contributed by atoms with E-state index in [4.69, 9.17) is 0 Å². The number of hydrogen-bond donors (Lipinski definition) is 3. The fourth-order valence-electron chi connectivity index (χ4n) is 4.55. The third kappa shape index (κ3) is 8.15. The van der Waals surface area contributed by atoms with E-state index in [9.17, 15) is 0 Å². The number of anilines is 4. The maximum Gasteiger partial charge on any atom is 0.228 e. The van der Waals surface area contributed by atoms with Crippen molar-refractivity contribution in [2.75, 3.05) is 10.6 Å². The molecule has 0 aliphatic heterocycles. The lowest BCUT2D eigenvalue weighted by Gasteiger charge is -2.09. The highest BCUT2D eigenvalue weighted by molar-refractivity contribution is 9.10. The second-order valence-corrected chi connectivity index (χ2v) is 11.0. The number of fused-ring (bicyclic) bond motifs is 2. The number of aryl methyl sites for hydroxylation is 2. The van der Waals surface area contributed by atoms with Crippen molar-refractivity contribution in [3.8, 4) is 5.69 Å². The van der Waals surface area contributed by atoms with Crippen LogP contribution in [0.3, 0.4) is 0 Å². The molecule has 12 nitrogen and oxygen atoms in total. The highest BCUT2D eigenvalue weighted by Gasteiger charge is 2.08. The van der Waals surface area contributed by atoms with Crippen LogP contribution in [0, 0.1) is 13.8 Å². The van der Waals surface area contributed by atoms with Crippen molar-refractivity contribution in [3.63, 3.8) is 0 Å². The highest BCUT2D eigenvalue weighted by atomic mass is 79.9. The predicted molar refractivity (Wildman–Crippen MR) is 187 cm³/mol. The van der Waals surface area contributed by atoms with Crippen LogP contribution in [-0.2, 0) is 0 Å². The molecule has 0 saturated heterocycles. The summed E-state index contributed by atoms with van der Waals surface area (Å²) in [5, 5.41) is 18.8. The Balaban J connectivity index is 0.000000145. The third-order valence-electron chi connectivity index (χ3n) is 6.73. The molecule has 0 saturated carbocycles. The van der Waals surface area contributed by atoms with E-state index in [2.05, 4.69) is 71.8 Å². The maximum absolute atomic E-state index is 4.57. The second kappa shape index (κ2) is 14.8. The van der Waals surface area contributed by atoms with Gasteiger partial charge in [-0.05, 0) is 86.6 Å². The van der Waals surface area contributed by atoms with E-state index in [1.54, 1.807) is 43.4 Å². The molecule has 0 fully saturated rings. The molecule has 0 bridgehead atoms. The topological polar surface area (TPSA) is 148 Å². The minimum absolute atomic E-state index is 0.565. The van der Waals surface area contributed by atoms with E-state index in [1.807, 2.05) is 97.5 Å². The molecule has 47 heavy (non-hydrogen) atoms. The largest absolute Gasteiger partial charge is 0.323 e. The number of nitrogens with zero attached hydrogens (tertiary/aromatic N) is 9. The van der Waals surface area contributed by atoms with Crippen LogP contribution in [-0.4, -0.2) is 49.9 Å². The molecule has 3 N–H and O–H groups in total. The van der Waals surface area contributed by atoms with Crippen molar-refractivity contribution >= 4 is 61.0 Å². The van der Waals surface area contributed by atoms with Gasteiger partial charge < -0.3 is 10.6 Å². The lowest BCUT2D eigenvalue weighted by atomic mass is 10.2. The van der Waals surface area contributed by atoms with Crippen molar-refractivity contribution in [1.29, 1.82) is 0 Å². The number of hydrogen-bond acceptors (Lipinski definition) is 10. The fourth-order valence-corrected chi connectivity index (χ4v) is 4.91. The van der Waals surface area contributed by atoms with Crippen molar-refractivity contribution < 1.29 is 0 Å². The number of aromatic amines is 1. The molecule has 0 radical (unpaired) electrons. The summed E-state index contributed by atoms with van der Waals surface area (Å²) < 4.78 is 2.85. The molecule has 0 spiro atoms. The summed E-state index contributed by atoms with van der Waals surface area (Å²) in [6.45, 7) is 3.95. The Morgan fingerprint density at radius 1 is 0.660 bits per heavy atom. The Labute approximate surface area is 278 Å². The van der Waals surface area contributed by atoms with Crippen LogP contribution in [0.1, 0.15) is 11.4 Å². The number of benzene rings is 2. The van der Waals surface area contributed by atoms with Gasteiger partial charge in [-0.25, -0.2) is 24.6 Å². The molecule has 0 atom stereocenters. The first-order chi connectivity index (χ1) is 23.0. The SMILES string of the molecule is Cc1nc(Nc2cccnc2)nc2ccc(-n3cccn3)cc12.Cc1nc(Nc2cccnc2)nc2ccc(Br)cc12.c1cn[nH]c1. The summed E-state index contributed by atoms with van der Waals surface area (Å²) in [7, 11) is 0. The van der Waals surface area contributed by atoms with Crippen LogP contribution in [0.5, 0.6) is 0 Å². The Morgan fingerprint density at radius 3 is 1.81 bits per heavy atom. The number of halogens is 1. The van der Waals surface area contributed by atoms with E-state index in [0.717, 1.165) is 54.7 Å². The fraction of sp³-hybridized carbons (Fsp3) is 0.0588. The van der Waals surface area contributed by atoms with Gasteiger partial charge in [0.05, 0.1) is 51.9 Å². The highest BCUT2D eigenvalue weighted by Crippen LogP contribution is 2.24. The number of pyridine rings is 2. The second-order valence-electron chi connectivity index (χ2n) is 10.1. The monoisotopic (exact) mass is 684 g/mol. The van der Waals surface area contributed by atoms with Crippen LogP contribution in [0.25, 0.3) is 27.5 Å². The Morgan fingerprint density at radius 2 is 1.30 bits per heavy atom. The lowest BCUT2D eigenvalue weighted by molar-refractivity contribution is 0.881. The molecule has 0 aliphatic rings. The van der Waals surface area contributed by atoms with Gasteiger partial charge >= 0.3 is 0 Å². The van der Waals surface area contributed by atoms with E-state index >= 15 is 0 Å². The quantitative estimate of drug-likeness (QED) is 0.166.